The molecule has 2 amide bonds. The molecule has 0 radical (unpaired) electrons. The van der Waals surface area contributed by atoms with E-state index >= 15 is 0 Å². The van der Waals surface area contributed by atoms with Gasteiger partial charge in [0.1, 0.15) is 5.75 Å². The van der Waals surface area contributed by atoms with E-state index < -0.39 is 0 Å². The molecule has 1 aliphatic heterocycles. The SMILES string of the molecule is COc1cccc(CC(=O)N2CCCN(C(=O)c3cc[nH]c3)CC2)c1. The van der Waals surface area contributed by atoms with Gasteiger partial charge in [0.25, 0.3) is 5.91 Å². The second-order valence-corrected chi connectivity index (χ2v) is 6.15. The smallest absolute Gasteiger partial charge is 0.255 e. The van der Waals surface area contributed by atoms with Crippen molar-refractivity contribution in [3.63, 3.8) is 0 Å². The zero-order valence-electron chi connectivity index (χ0n) is 14.4. The number of carbonyl (C=O) groups is 2. The van der Waals surface area contributed by atoms with Gasteiger partial charge in [-0.25, -0.2) is 0 Å². The van der Waals surface area contributed by atoms with E-state index in [1.165, 1.54) is 0 Å². The maximum absolute atomic E-state index is 12.6. The Morgan fingerprint density at radius 1 is 1.12 bits per heavy atom. The number of nitrogens with zero attached hydrogens (tertiary/aromatic N) is 2. The standard InChI is InChI=1S/C19H23N3O3/c1-25-17-5-2-4-15(12-17)13-18(23)21-8-3-9-22(11-10-21)19(24)16-6-7-20-14-16/h2,4-7,12,14,20H,3,8-11,13H2,1H3. The van der Waals surface area contributed by atoms with Crippen LogP contribution in [0.5, 0.6) is 5.75 Å². The average molecular weight is 341 g/mol. The van der Waals surface area contributed by atoms with Gasteiger partial charge in [-0.2, -0.15) is 0 Å². The van der Waals surface area contributed by atoms with E-state index in [9.17, 15) is 9.59 Å². The largest absolute Gasteiger partial charge is 0.497 e. The second-order valence-electron chi connectivity index (χ2n) is 6.15. The summed E-state index contributed by atoms with van der Waals surface area (Å²) in [5.74, 6) is 0.858. The van der Waals surface area contributed by atoms with Gasteiger partial charge in [-0.05, 0) is 30.2 Å². The number of rotatable bonds is 4. The number of hydrogen-bond donors (Lipinski definition) is 1. The third-order valence-corrected chi connectivity index (χ3v) is 4.47. The molecular weight excluding hydrogens is 318 g/mol. The summed E-state index contributed by atoms with van der Waals surface area (Å²) in [5.41, 5.74) is 1.60. The van der Waals surface area contributed by atoms with Gasteiger partial charge in [-0.15, -0.1) is 0 Å². The molecular formula is C19H23N3O3. The van der Waals surface area contributed by atoms with Crippen molar-refractivity contribution >= 4 is 11.8 Å². The summed E-state index contributed by atoms with van der Waals surface area (Å²) in [6.45, 7) is 2.49. The Morgan fingerprint density at radius 2 is 1.92 bits per heavy atom. The van der Waals surface area contributed by atoms with Crippen LogP contribution in [0.25, 0.3) is 0 Å². The van der Waals surface area contributed by atoms with Gasteiger partial charge in [0.15, 0.2) is 0 Å². The van der Waals surface area contributed by atoms with Crippen molar-refractivity contribution in [1.82, 2.24) is 14.8 Å². The predicted octanol–water partition coefficient (Wildman–Crippen LogP) is 1.94. The molecule has 0 atom stereocenters. The molecule has 1 fully saturated rings. The highest BCUT2D eigenvalue weighted by Crippen LogP contribution is 2.15. The topological polar surface area (TPSA) is 65.6 Å². The van der Waals surface area contributed by atoms with Crippen molar-refractivity contribution < 1.29 is 14.3 Å². The van der Waals surface area contributed by atoms with Gasteiger partial charge < -0.3 is 19.5 Å². The lowest BCUT2D eigenvalue weighted by molar-refractivity contribution is -0.130. The van der Waals surface area contributed by atoms with E-state index in [1.807, 2.05) is 34.1 Å². The molecule has 0 unspecified atom stereocenters. The van der Waals surface area contributed by atoms with E-state index in [2.05, 4.69) is 4.98 Å². The summed E-state index contributed by atoms with van der Waals surface area (Å²) in [7, 11) is 1.62. The molecule has 0 saturated carbocycles. The molecule has 3 rings (SSSR count). The van der Waals surface area contributed by atoms with Crippen LogP contribution in [0.1, 0.15) is 22.3 Å². The Bertz CT molecular complexity index is 727. The van der Waals surface area contributed by atoms with E-state index in [-0.39, 0.29) is 11.8 Å². The van der Waals surface area contributed by atoms with Crippen LogP contribution in [-0.4, -0.2) is 59.9 Å². The van der Waals surface area contributed by atoms with Crippen LogP contribution < -0.4 is 4.74 Å². The molecule has 1 aromatic heterocycles. The fraction of sp³-hybridized carbons (Fsp3) is 0.368. The zero-order chi connectivity index (χ0) is 17.6. The van der Waals surface area contributed by atoms with Crippen molar-refractivity contribution in [3.8, 4) is 5.75 Å². The number of aromatic nitrogens is 1. The van der Waals surface area contributed by atoms with Gasteiger partial charge in [0.2, 0.25) is 5.91 Å². The van der Waals surface area contributed by atoms with E-state index in [4.69, 9.17) is 4.74 Å². The average Bonchev–Trinajstić information content (AvgIpc) is 3.05. The van der Waals surface area contributed by atoms with Crippen LogP contribution in [0, 0.1) is 0 Å². The number of H-pyrrole nitrogens is 1. The second kappa shape index (κ2) is 7.88. The number of amides is 2. The van der Waals surface area contributed by atoms with Crippen molar-refractivity contribution in [1.29, 1.82) is 0 Å². The Labute approximate surface area is 147 Å². The summed E-state index contributed by atoms with van der Waals surface area (Å²) < 4.78 is 5.21. The first-order valence-electron chi connectivity index (χ1n) is 8.50. The Balaban J connectivity index is 1.58. The quantitative estimate of drug-likeness (QED) is 0.924. The zero-order valence-corrected chi connectivity index (χ0v) is 14.4. The molecule has 6 nitrogen and oxygen atoms in total. The van der Waals surface area contributed by atoms with Crippen LogP contribution in [0.15, 0.2) is 42.7 Å². The first-order chi connectivity index (χ1) is 12.2. The number of hydrogen-bond acceptors (Lipinski definition) is 3. The van der Waals surface area contributed by atoms with E-state index in [0.717, 1.165) is 17.7 Å². The van der Waals surface area contributed by atoms with Crippen LogP contribution in [0.2, 0.25) is 0 Å². The fourth-order valence-corrected chi connectivity index (χ4v) is 3.08. The van der Waals surface area contributed by atoms with E-state index in [1.54, 1.807) is 25.6 Å². The lowest BCUT2D eigenvalue weighted by Crippen LogP contribution is -2.37. The van der Waals surface area contributed by atoms with E-state index in [0.29, 0.717) is 38.2 Å². The predicted molar refractivity (Wildman–Crippen MR) is 94.6 cm³/mol. The molecule has 1 aromatic carbocycles. The summed E-state index contributed by atoms with van der Waals surface area (Å²) in [6.07, 6.45) is 4.59. The Hall–Kier alpha value is -2.76. The lowest BCUT2D eigenvalue weighted by Gasteiger charge is -2.22. The molecule has 1 aliphatic rings. The highest BCUT2D eigenvalue weighted by Gasteiger charge is 2.23. The molecule has 6 heteroatoms. The molecule has 25 heavy (non-hydrogen) atoms. The molecule has 132 valence electrons. The minimum absolute atomic E-state index is 0.0170. The maximum Gasteiger partial charge on any atom is 0.255 e. The molecule has 0 spiro atoms. The number of methoxy groups -OCH3 is 1. The van der Waals surface area contributed by atoms with Crippen molar-refractivity contribution in [2.75, 3.05) is 33.3 Å². The minimum Gasteiger partial charge on any atom is -0.497 e. The van der Waals surface area contributed by atoms with Crippen LogP contribution in [-0.2, 0) is 11.2 Å². The first-order valence-corrected chi connectivity index (χ1v) is 8.50. The molecule has 2 aromatic rings. The van der Waals surface area contributed by atoms with Crippen molar-refractivity contribution in [2.24, 2.45) is 0 Å². The molecule has 1 N–H and O–H groups in total. The Kier molecular flexibility index (Phi) is 5.38. The molecule has 1 saturated heterocycles. The summed E-state index contributed by atoms with van der Waals surface area (Å²) in [4.78, 5) is 31.6. The van der Waals surface area contributed by atoms with Gasteiger partial charge in [0, 0.05) is 38.6 Å². The highest BCUT2D eigenvalue weighted by atomic mass is 16.5. The van der Waals surface area contributed by atoms with Crippen molar-refractivity contribution in [3.05, 3.63) is 53.9 Å². The van der Waals surface area contributed by atoms with Gasteiger partial charge >= 0.3 is 0 Å². The Morgan fingerprint density at radius 3 is 2.68 bits per heavy atom. The lowest BCUT2D eigenvalue weighted by atomic mass is 10.1. The fourth-order valence-electron chi connectivity index (χ4n) is 3.08. The van der Waals surface area contributed by atoms with Crippen molar-refractivity contribution in [2.45, 2.75) is 12.8 Å². The normalized spacial score (nSPS) is 14.9. The van der Waals surface area contributed by atoms with Crippen LogP contribution >= 0.6 is 0 Å². The highest BCUT2D eigenvalue weighted by molar-refractivity contribution is 5.94. The summed E-state index contributed by atoms with van der Waals surface area (Å²) in [5, 5.41) is 0. The number of aromatic amines is 1. The summed E-state index contributed by atoms with van der Waals surface area (Å²) in [6, 6.07) is 9.35. The molecule has 0 aliphatic carbocycles. The third kappa shape index (κ3) is 4.21. The molecule has 2 heterocycles. The first kappa shape index (κ1) is 17.1. The van der Waals surface area contributed by atoms with Gasteiger partial charge in [-0.3, -0.25) is 9.59 Å². The van der Waals surface area contributed by atoms with Crippen LogP contribution in [0.4, 0.5) is 0 Å². The summed E-state index contributed by atoms with van der Waals surface area (Å²) >= 11 is 0. The maximum atomic E-state index is 12.6. The number of nitrogens with one attached hydrogen (secondary N) is 1. The van der Waals surface area contributed by atoms with Gasteiger partial charge in [-0.1, -0.05) is 12.1 Å². The minimum atomic E-state index is 0.0170. The number of carbonyl (C=O) groups excluding carboxylic acids is 2. The number of benzene rings is 1. The van der Waals surface area contributed by atoms with Crippen LogP contribution in [0.3, 0.4) is 0 Å². The monoisotopic (exact) mass is 341 g/mol. The third-order valence-electron chi connectivity index (χ3n) is 4.47. The number of ether oxygens (including phenoxy) is 1. The van der Waals surface area contributed by atoms with Gasteiger partial charge in [0.05, 0.1) is 19.1 Å². The molecule has 0 bridgehead atoms.